The van der Waals surface area contributed by atoms with Gasteiger partial charge in [0.05, 0.1) is 0 Å². The lowest BCUT2D eigenvalue weighted by Gasteiger charge is -2.35. The normalized spacial score (nSPS) is 37.8. The monoisotopic (exact) mass is 336 g/mol. The first-order chi connectivity index (χ1) is 10.2. The van der Waals surface area contributed by atoms with Crippen molar-refractivity contribution in [1.82, 2.24) is 0 Å². The molecule has 0 amide bonds. The van der Waals surface area contributed by atoms with Gasteiger partial charge in [0.15, 0.2) is 0 Å². The summed E-state index contributed by atoms with van der Waals surface area (Å²) < 4.78 is 41.4. The largest absolute Gasteiger partial charge is 0.463 e. The molecule has 0 aromatic carbocycles. The number of hydrogen-bond donors (Lipinski definition) is 1. The molecule has 0 aliphatic carbocycles. The van der Waals surface area contributed by atoms with Crippen molar-refractivity contribution in [3.8, 4) is 0 Å². The molecule has 8 nitrogen and oxygen atoms in total. The smallest absolute Gasteiger partial charge is 0.302 e. The molecule has 2 heterocycles. The van der Waals surface area contributed by atoms with Crippen molar-refractivity contribution in [2.75, 3.05) is 13.2 Å². The van der Waals surface area contributed by atoms with Crippen LogP contribution in [0.5, 0.6) is 0 Å². The van der Waals surface area contributed by atoms with Crippen LogP contribution in [-0.4, -0.2) is 51.2 Å². The third kappa shape index (κ3) is 3.17. The predicted molar refractivity (Wildman–Crippen MR) is 73.9 cm³/mol. The van der Waals surface area contributed by atoms with E-state index in [-0.39, 0.29) is 19.1 Å². The summed E-state index contributed by atoms with van der Waals surface area (Å²) in [7, 11) is 0. The van der Waals surface area contributed by atoms with Crippen LogP contribution in [0.3, 0.4) is 0 Å². The van der Waals surface area contributed by atoms with Crippen LogP contribution in [-0.2, 0) is 39.3 Å². The Balaban J connectivity index is 2.22. The van der Waals surface area contributed by atoms with Crippen molar-refractivity contribution in [3.63, 3.8) is 0 Å². The molecule has 2 fully saturated rings. The molecule has 2 rings (SSSR count). The van der Waals surface area contributed by atoms with Crippen LogP contribution < -0.4 is 0 Å². The zero-order valence-corrected chi connectivity index (χ0v) is 13.5. The highest BCUT2D eigenvalue weighted by Gasteiger charge is 2.68. The van der Waals surface area contributed by atoms with Gasteiger partial charge in [0.25, 0.3) is 0 Å². The molecule has 2 bridgehead atoms. The van der Waals surface area contributed by atoms with Gasteiger partial charge in [-0.1, -0.05) is 6.92 Å². The summed E-state index contributed by atoms with van der Waals surface area (Å²) in [5.41, 5.74) is -1.79. The zero-order valence-electron chi connectivity index (χ0n) is 12.7. The molecule has 0 spiro atoms. The van der Waals surface area contributed by atoms with Crippen LogP contribution in [0.25, 0.3) is 0 Å². The summed E-state index contributed by atoms with van der Waals surface area (Å²) in [5, 5.41) is 0. The topological polar surface area (TPSA) is 108 Å². The third-order valence-electron chi connectivity index (χ3n) is 4.41. The maximum Gasteiger partial charge on any atom is 0.302 e. The molecular weight excluding hydrogens is 316 g/mol. The van der Waals surface area contributed by atoms with Gasteiger partial charge in [-0.2, -0.15) is 4.21 Å². The molecule has 2 aliphatic rings. The fourth-order valence-electron chi connectivity index (χ4n) is 3.31. The van der Waals surface area contributed by atoms with E-state index in [1.165, 1.54) is 13.8 Å². The van der Waals surface area contributed by atoms with Gasteiger partial charge < -0.3 is 14.2 Å². The van der Waals surface area contributed by atoms with Gasteiger partial charge in [-0.3, -0.25) is 18.3 Å². The van der Waals surface area contributed by atoms with Crippen molar-refractivity contribution < 1.29 is 36.7 Å². The number of hydrogen-bond acceptors (Lipinski definition) is 7. The van der Waals surface area contributed by atoms with E-state index < -0.39 is 40.6 Å². The number of ether oxygens (including phenoxy) is 3. The van der Waals surface area contributed by atoms with E-state index in [0.29, 0.717) is 12.8 Å². The zero-order chi connectivity index (χ0) is 16.5. The van der Waals surface area contributed by atoms with Crippen LogP contribution in [0.4, 0.5) is 0 Å². The number of esters is 2. The van der Waals surface area contributed by atoms with E-state index in [1.807, 2.05) is 0 Å². The Morgan fingerprint density at radius 2 is 1.68 bits per heavy atom. The lowest BCUT2D eigenvalue weighted by Crippen LogP contribution is -2.49. The standard InChI is InChI=1S/C13H20O8S/c1-8-11(20-22(16)17)13(7-19-10(3)15)5-4-12(8,21-13)6-18-9(2)14/h8,11H,4-7H2,1-3H3,(H,16,17). The average molecular weight is 336 g/mol. The summed E-state index contributed by atoms with van der Waals surface area (Å²) in [6.07, 6.45) is 0.330. The molecule has 9 heteroatoms. The summed E-state index contributed by atoms with van der Waals surface area (Å²) in [5.74, 6) is -1.20. The Bertz CT molecular complexity index is 494. The average Bonchev–Trinajstić information content (AvgIpc) is 2.89. The Kier molecular flexibility index (Phi) is 4.90. The van der Waals surface area contributed by atoms with Crippen LogP contribution in [0.1, 0.15) is 33.6 Å². The first-order valence-electron chi connectivity index (χ1n) is 6.96. The molecule has 126 valence electrons. The first kappa shape index (κ1) is 17.3. The fourth-order valence-corrected chi connectivity index (χ4v) is 3.83. The second kappa shape index (κ2) is 6.23. The minimum absolute atomic E-state index is 0.0310. The minimum atomic E-state index is -2.48. The molecule has 0 aromatic heterocycles. The maximum absolute atomic E-state index is 11.1. The second-order valence-corrected chi connectivity index (χ2v) is 6.44. The van der Waals surface area contributed by atoms with Crippen LogP contribution in [0.15, 0.2) is 0 Å². The first-order valence-corrected chi connectivity index (χ1v) is 7.99. The second-order valence-electron chi connectivity index (χ2n) is 5.81. The van der Waals surface area contributed by atoms with Crippen molar-refractivity contribution in [2.45, 2.75) is 50.9 Å². The Morgan fingerprint density at radius 3 is 2.18 bits per heavy atom. The predicted octanol–water partition coefficient (Wildman–Crippen LogP) is 0.572. The van der Waals surface area contributed by atoms with E-state index in [0.717, 1.165) is 0 Å². The fraction of sp³-hybridized carbons (Fsp3) is 0.846. The molecule has 5 atom stereocenters. The number of rotatable bonds is 6. The summed E-state index contributed by atoms with van der Waals surface area (Å²) in [4.78, 5) is 22.1. The van der Waals surface area contributed by atoms with Gasteiger partial charge in [-0.05, 0) is 12.8 Å². The van der Waals surface area contributed by atoms with Gasteiger partial charge in [0.2, 0.25) is 0 Å². The Labute approximate surface area is 130 Å². The lowest BCUT2D eigenvalue weighted by atomic mass is 9.73. The highest BCUT2D eigenvalue weighted by atomic mass is 32.2. The van der Waals surface area contributed by atoms with Crippen molar-refractivity contribution >= 4 is 23.3 Å². The highest BCUT2D eigenvalue weighted by Crippen LogP contribution is 2.55. The van der Waals surface area contributed by atoms with E-state index in [9.17, 15) is 13.8 Å². The number of fused-ring (bicyclic) bond motifs is 2. The van der Waals surface area contributed by atoms with Gasteiger partial charge in [0.1, 0.15) is 30.5 Å². The molecule has 0 aromatic rings. The molecule has 2 saturated heterocycles. The molecule has 0 saturated carbocycles. The van der Waals surface area contributed by atoms with Crippen LogP contribution in [0, 0.1) is 5.92 Å². The van der Waals surface area contributed by atoms with Crippen molar-refractivity contribution in [3.05, 3.63) is 0 Å². The summed E-state index contributed by atoms with van der Waals surface area (Å²) in [6.45, 7) is 4.33. The molecule has 5 unspecified atom stereocenters. The molecule has 1 N–H and O–H groups in total. The molecular formula is C13H20O8S. The Hall–Kier alpha value is -1.03. The van der Waals surface area contributed by atoms with Gasteiger partial charge >= 0.3 is 23.3 Å². The maximum atomic E-state index is 11.1. The highest BCUT2D eigenvalue weighted by molar-refractivity contribution is 7.74. The molecule has 0 radical (unpaired) electrons. The van der Waals surface area contributed by atoms with Gasteiger partial charge in [0, 0.05) is 19.8 Å². The minimum Gasteiger partial charge on any atom is -0.463 e. The van der Waals surface area contributed by atoms with E-state index >= 15 is 0 Å². The van der Waals surface area contributed by atoms with E-state index in [2.05, 4.69) is 0 Å². The lowest BCUT2D eigenvalue weighted by molar-refractivity contribution is -0.163. The Morgan fingerprint density at radius 1 is 1.18 bits per heavy atom. The van der Waals surface area contributed by atoms with Crippen LogP contribution in [0.2, 0.25) is 0 Å². The summed E-state index contributed by atoms with van der Waals surface area (Å²) in [6, 6.07) is 0. The van der Waals surface area contributed by atoms with Gasteiger partial charge in [-0.15, -0.1) is 0 Å². The van der Waals surface area contributed by atoms with Crippen LogP contribution >= 0.6 is 0 Å². The SMILES string of the molecule is CC(=O)OCC12CCC(COC(C)=O)(O1)C(OS(=O)O)C2C. The number of carbonyl (C=O) groups excluding carboxylic acids is 2. The van der Waals surface area contributed by atoms with Crippen molar-refractivity contribution in [2.24, 2.45) is 5.92 Å². The molecule has 22 heavy (non-hydrogen) atoms. The third-order valence-corrected chi connectivity index (χ3v) is 4.78. The quantitative estimate of drug-likeness (QED) is 0.554. The number of carbonyl (C=O) groups is 2. The van der Waals surface area contributed by atoms with E-state index in [4.69, 9.17) is 22.9 Å². The summed E-state index contributed by atoms with van der Waals surface area (Å²) >= 11 is -2.48. The van der Waals surface area contributed by atoms with Crippen molar-refractivity contribution in [1.29, 1.82) is 0 Å². The van der Waals surface area contributed by atoms with E-state index in [1.54, 1.807) is 6.92 Å². The van der Waals surface area contributed by atoms with Gasteiger partial charge in [-0.25, -0.2) is 0 Å². The molecule has 2 aliphatic heterocycles.